The third-order valence-corrected chi connectivity index (χ3v) is 12.7. The van der Waals surface area contributed by atoms with Crippen LogP contribution in [0, 0.1) is 0 Å². The van der Waals surface area contributed by atoms with Crippen molar-refractivity contribution in [2.75, 3.05) is 26.1 Å². The Morgan fingerprint density at radius 3 is 1.63 bits per heavy atom. The molecule has 3 N–H and O–H groups in total. The molecule has 11 heteroatoms. The Morgan fingerprint density at radius 2 is 1.12 bits per heavy atom. The van der Waals surface area contributed by atoms with Crippen LogP contribution in [0.2, 0.25) is 0 Å². The molecule has 0 bridgehead atoms. The fraction of sp³-hybridized carbons (Fsp3) is 0.241. The van der Waals surface area contributed by atoms with Gasteiger partial charge in [0, 0.05) is 6.04 Å². The fourth-order valence-corrected chi connectivity index (χ4v) is 9.12. The van der Waals surface area contributed by atoms with Gasteiger partial charge in [-0.05, 0) is 71.0 Å². The minimum Gasteiger partial charge on any atom is -0.497 e. The maximum atomic E-state index is 12.4. The summed E-state index contributed by atoms with van der Waals surface area (Å²) in [7, 11) is 3.32. The van der Waals surface area contributed by atoms with Crippen molar-refractivity contribution in [1.82, 2.24) is 24.8 Å². The molecule has 5 atom stereocenters. The number of aromatic nitrogens is 4. The van der Waals surface area contributed by atoms with Crippen LogP contribution >= 0.6 is 0 Å². The van der Waals surface area contributed by atoms with E-state index in [4.69, 9.17) is 33.9 Å². The molecule has 11 nitrogen and oxygen atoms in total. The fourth-order valence-electron chi connectivity index (χ4n) is 9.12. The summed E-state index contributed by atoms with van der Waals surface area (Å²) < 4.78 is 27.2. The molecule has 0 saturated carbocycles. The molecule has 1 aliphatic heterocycles. The van der Waals surface area contributed by atoms with E-state index in [9.17, 15) is 5.11 Å². The molecule has 5 unspecified atom stereocenters. The van der Waals surface area contributed by atoms with E-state index < -0.39 is 35.6 Å². The van der Waals surface area contributed by atoms with Crippen LogP contribution in [0.5, 0.6) is 11.5 Å². The van der Waals surface area contributed by atoms with E-state index in [1.54, 1.807) is 26.9 Å². The first-order valence-corrected chi connectivity index (χ1v) is 22.1. The van der Waals surface area contributed by atoms with E-state index in [2.05, 4.69) is 85.1 Å². The summed E-state index contributed by atoms with van der Waals surface area (Å²) in [6.45, 7) is 4.28. The molecule has 6 aromatic carbocycles. The largest absolute Gasteiger partial charge is 0.497 e. The van der Waals surface area contributed by atoms with Crippen molar-refractivity contribution in [3.63, 3.8) is 0 Å². The zero-order valence-corrected chi connectivity index (χ0v) is 37.0. The SMILES string of the molecule is CCC(C)NC1C(O)C(COC(c2ccccc2)(c2ccccc2)c2ccc(OC)cc2)OC1n1cnc2c(NC(c3ccccc3)(c3ccccc3)c3ccc(OC)cc3)ncnc21. The van der Waals surface area contributed by atoms with E-state index in [-0.39, 0.29) is 12.6 Å². The first kappa shape index (κ1) is 43.4. The Balaban J connectivity index is 1.11. The molecular weight excluding hydrogens is 813 g/mol. The smallest absolute Gasteiger partial charge is 0.167 e. The summed E-state index contributed by atoms with van der Waals surface area (Å²) in [5.74, 6) is 2.01. The molecule has 2 aromatic heterocycles. The lowest BCUT2D eigenvalue weighted by Gasteiger charge is -2.37. The van der Waals surface area contributed by atoms with E-state index in [0.29, 0.717) is 17.0 Å². The van der Waals surface area contributed by atoms with Gasteiger partial charge in [0.05, 0.1) is 33.2 Å². The highest BCUT2D eigenvalue weighted by molar-refractivity contribution is 5.84. The molecule has 0 aliphatic carbocycles. The number of fused-ring (bicyclic) bond motifs is 1. The third-order valence-electron chi connectivity index (χ3n) is 12.7. The van der Waals surface area contributed by atoms with Gasteiger partial charge in [-0.3, -0.25) is 4.57 Å². The van der Waals surface area contributed by atoms with Gasteiger partial charge in [0.2, 0.25) is 0 Å². The van der Waals surface area contributed by atoms with Crippen molar-refractivity contribution in [2.45, 2.75) is 61.9 Å². The molecule has 9 rings (SSSR count). The molecule has 1 saturated heterocycles. The van der Waals surface area contributed by atoms with Crippen LogP contribution in [0.1, 0.15) is 59.9 Å². The van der Waals surface area contributed by atoms with E-state index in [0.717, 1.165) is 51.3 Å². The summed E-state index contributed by atoms with van der Waals surface area (Å²) in [6, 6.07) is 56.5. The van der Waals surface area contributed by atoms with Crippen LogP contribution in [-0.4, -0.2) is 69.7 Å². The lowest BCUT2D eigenvalue weighted by molar-refractivity contribution is -0.0932. The van der Waals surface area contributed by atoms with Crippen molar-refractivity contribution >= 4 is 17.0 Å². The molecule has 1 fully saturated rings. The number of nitrogens with one attached hydrogen (secondary N) is 2. The highest BCUT2D eigenvalue weighted by Gasteiger charge is 2.48. The highest BCUT2D eigenvalue weighted by Crippen LogP contribution is 2.44. The van der Waals surface area contributed by atoms with Crippen molar-refractivity contribution < 1.29 is 24.1 Å². The van der Waals surface area contributed by atoms with Crippen LogP contribution in [0.4, 0.5) is 5.82 Å². The number of anilines is 1. The number of aliphatic hydroxyl groups excluding tert-OH is 1. The number of hydrogen-bond acceptors (Lipinski definition) is 10. The molecule has 0 amide bonds. The number of imidazole rings is 1. The van der Waals surface area contributed by atoms with Crippen LogP contribution in [0.3, 0.4) is 0 Å². The summed E-state index contributed by atoms with van der Waals surface area (Å²) in [4.78, 5) is 14.7. The van der Waals surface area contributed by atoms with Crippen LogP contribution in [-0.2, 0) is 20.6 Å². The van der Waals surface area contributed by atoms with E-state index in [1.807, 2.05) is 114 Å². The van der Waals surface area contributed by atoms with Crippen LogP contribution in [0.25, 0.3) is 11.2 Å². The number of aliphatic hydroxyl groups is 1. The lowest BCUT2D eigenvalue weighted by Crippen LogP contribution is -2.48. The lowest BCUT2D eigenvalue weighted by atomic mass is 9.77. The molecule has 0 radical (unpaired) electrons. The van der Waals surface area contributed by atoms with Crippen molar-refractivity contribution in [2.24, 2.45) is 0 Å². The first-order chi connectivity index (χ1) is 31.9. The van der Waals surface area contributed by atoms with E-state index >= 15 is 0 Å². The standard InChI is InChI=1S/C54H54N6O5/c1-5-37(2)58-47-49(61)46(34-64-54(41-22-14-8-15-23-41,42-24-16-9-17-25-42)43-28-32-45(63-4)33-29-43)65-52(47)60-36-57-48-50(55-35-56-51(48)60)59-53(38-18-10-6-11-19-38,39-20-12-7-13-21-39)40-26-30-44(62-3)31-27-40/h6-33,35-37,46-47,49,52,58,61H,5,34H2,1-4H3,(H,55,56,59). The predicted octanol–water partition coefficient (Wildman–Crippen LogP) is 9.27. The van der Waals surface area contributed by atoms with Crippen molar-refractivity contribution in [1.29, 1.82) is 0 Å². The molecular formula is C54H54N6O5. The van der Waals surface area contributed by atoms with Gasteiger partial charge >= 0.3 is 0 Å². The van der Waals surface area contributed by atoms with Crippen LogP contribution < -0.4 is 20.1 Å². The van der Waals surface area contributed by atoms with Crippen LogP contribution in [0.15, 0.2) is 183 Å². The molecule has 3 heterocycles. The minimum atomic E-state index is -1.06. The van der Waals surface area contributed by atoms with Gasteiger partial charge in [-0.1, -0.05) is 153 Å². The Hall–Kier alpha value is -6.89. The monoisotopic (exact) mass is 866 g/mol. The van der Waals surface area contributed by atoms with Gasteiger partial charge in [0.1, 0.15) is 41.2 Å². The number of ether oxygens (including phenoxy) is 4. The number of benzene rings is 6. The number of hydrogen-bond donors (Lipinski definition) is 3. The van der Waals surface area contributed by atoms with Crippen molar-refractivity contribution in [3.8, 4) is 11.5 Å². The maximum absolute atomic E-state index is 12.4. The second kappa shape index (κ2) is 19.1. The quantitative estimate of drug-likeness (QED) is 0.0764. The Bertz CT molecular complexity index is 2680. The summed E-state index contributed by atoms with van der Waals surface area (Å²) >= 11 is 0. The van der Waals surface area contributed by atoms with Gasteiger partial charge < -0.3 is 34.7 Å². The van der Waals surface area contributed by atoms with Gasteiger partial charge in [-0.15, -0.1) is 0 Å². The van der Waals surface area contributed by atoms with E-state index in [1.165, 1.54) is 0 Å². The maximum Gasteiger partial charge on any atom is 0.167 e. The normalized spacial score (nSPS) is 18.0. The molecule has 65 heavy (non-hydrogen) atoms. The zero-order chi connectivity index (χ0) is 44.8. The average molecular weight is 867 g/mol. The second-order valence-electron chi connectivity index (χ2n) is 16.4. The number of methoxy groups -OCH3 is 2. The van der Waals surface area contributed by atoms with Gasteiger partial charge in [0.25, 0.3) is 0 Å². The predicted molar refractivity (Wildman–Crippen MR) is 253 cm³/mol. The highest BCUT2D eigenvalue weighted by atomic mass is 16.6. The molecule has 8 aromatic rings. The Labute approximate surface area is 380 Å². The molecule has 330 valence electrons. The van der Waals surface area contributed by atoms with Gasteiger partial charge in [-0.2, -0.15) is 0 Å². The van der Waals surface area contributed by atoms with Gasteiger partial charge in [0.15, 0.2) is 23.2 Å². The summed E-state index contributed by atoms with van der Waals surface area (Å²) in [5.41, 5.74) is 4.88. The zero-order valence-electron chi connectivity index (χ0n) is 37.0. The molecule has 1 aliphatic rings. The summed E-state index contributed by atoms with van der Waals surface area (Å²) in [5, 5.41) is 19.9. The summed E-state index contributed by atoms with van der Waals surface area (Å²) in [6.07, 6.45) is 1.69. The average Bonchev–Trinajstić information content (AvgIpc) is 3.95. The number of nitrogens with zero attached hydrogens (tertiary/aromatic N) is 4. The topological polar surface area (TPSA) is 125 Å². The second-order valence-corrected chi connectivity index (χ2v) is 16.4. The Morgan fingerprint density at radius 1 is 0.646 bits per heavy atom. The first-order valence-electron chi connectivity index (χ1n) is 22.1. The van der Waals surface area contributed by atoms with Gasteiger partial charge in [-0.25, -0.2) is 15.0 Å². The third kappa shape index (κ3) is 8.24. The van der Waals surface area contributed by atoms with Crippen molar-refractivity contribution in [3.05, 3.63) is 216 Å². The Kier molecular flexibility index (Phi) is 12.7. The molecule has 0 spiro atoms. The number of rotatable bonds is 17. The minimum absolute atomic E-state index is 0.0547.